The van der Waals surface area contributed by atoms with Crippen LogP contribution in [-0.2, 0) is 7.05 Å². The van der Waals surface area contributed by atoms with Crippen molar-refractivity contribution in [1.82, 2.24) is 9.55 Å². The van der Waals surface area contributed by atoms with Crippen LogP contribution in [0, 0.1) is 5.82 Å². The summed E-state index contributed by atoms with van der Waals surface area (Å²) in [6.45, 7) is 4.13. The number of nitrogens with two attached hydrogens (primary N) is 1. The summed E-state index contributed by atoms with van der Waals surface area (Å²) in [5, 5.41) is 0. The summed E-state index contributed by atoms with van der Waals surface area (Å²) in [5.74, 6) is 1.59. The minimum absolute atomic E-state index is 0.257. The van der Waals surface area contributed by atoms with Gasteiger partial charge in [0.05, 0.1) is 0 Å². The second-order valence-electron chi connectivity index (χ2n) is 4.42. The molecule has 0 saturated carbocycles. The standard InChI is InChI=1S/C13H16FN3/c1-8(2)13-16-11(12(15)17(13)3)9-4-6-10(14)7-5-9/h4-8H,15H2,1-3H3. The molecule has 1 heterocycles. The lowest BCUT2D eigenvalue weighted by Crippen LogP contribution is -2.02. The molecule has 1 aromatic carbocycles. The van der Waals surface area contributed by atoms with Crippen molar-refractivity contribution in [2.75, 3.05) is 5.73 Å². The van der Waals surface area contributed by atoms with Gasteiger partial charge in [0.15, 0.2) is 0 Å². The number of nitrogen functional groups attached to an aromatic ring is 1. The third kappa shape index (κ3) is 2.02. The van der Waals surface area contributed by atoms with Crippen LogP contribution < -0.4 is 5.73 Å². The summed E-state index contributed by atoms with van der Waals surface area (Å²) < 4.78 is 14.7. The molecule has 2 aromatic rings. The van der Waals surface area contributed by atoms with Gasteiger partial charge in [0.25, 0.3) is 0 Å². The Hall–Kier alpha value is -1.84. The van der Waals surface area contributed by atoms with Crippen molar-refractivity contribution in [1.29, 1.82) is 0 Å². The second kappa shape index (κ2) is 4.20. The lowest BCUT2D eigenvalue weighted by Gasteiger charge is -2.04. The fraction of sp³-hybridized carbons (Fsp3) is 0.308. The van der Waals surface area contributed by atoms with Crippen molar-refractivity contribution in [3.05, 3.63) is 35.9 Å². The number of aromatic nitrogens is 2. The molecule has 0 aliphatic carbocycles. The van der Waals surface area contributed by atoms with E-state index in [2.05, 4.69) is 18.8 Å². The largest absolute Gasteiger partial charge is 0.383 e. The highest BCUT2D eigenvalue weighted by Crippen LogP contribution is 2.28. The van der Waals surface area contributed by atoms with Gasteiger partial charge in [0.2, 0.25) is 0 Å². The zero-order chi connectivity index (χ0) is 12.6. The molecule has 0 aliphatic heterocycles. The van der Waals surface area contributed by atoms with E-state index < -0.39 is 0 Å². The quantitative estimate of drug-likeness (QED) is 0.866. The Morgan fingerprint density at radius 2 is 1.82 bits per heavy atom. The van der Waals surface area contributed by atoms with E-state index in [0.717, 1.165) is 17.1 Å². The van der Waals surface area contributed by atoms with Crippen molar-refractivity contribution in [2.45, 2.75) is 19.8 Å². The van der Waals surface area contributed by atoms with Crippen LogP contribution in [-0.4, -0.2) is 9.55 Å². The van der Waals surface area contributed by atoms with Crippen LogP contribution in [0.2, 0.25) is 0 Å². The number of imidazole rings is 1. The van der Waals surface area contributed by atoms with E-state index in [9.17, 15) is 4.39 Å². The molecule has 0 aliphatic rings. The molecule has 0 amide bonds. The number of nitrogens with zero attached hydrogens (tertiary/aromatic N) is 2. The molecule has 0 saturated heterocycles. The molecule has 17 heavy (non-hydrogen) atoms. The summed E-state index contributed by atoms with van der Waals surface area (Å²) in [6, 6.07) is 6.22. The van der Waals surface area contributed by atoms with E-state index in [1.54, 1.807) is 12.1 Å². The van der Waals surface area contributed by atoms with Crippen molar-refractivity contribution >= 4 is 5.82 Å². The minimum atomic E-state index is -0.257. The Kier molecular flexibility index (Phi) is 2.88. The molecular weight excluding hydrogens is 217 g/mol. The van der Waals surface area contributed by atoms with E-state index in [1.807, 2.05) is 11.6 Å². The molecule has 2 rings (SSSR count). The minimum Gasteiger partial charge on any atom is -0.383 e. The van der Waals surface area contributed by atoms with Crippen molar-refractivity contribution in [3.8, 4) is 11.3 Å². The highest BCUT2D eigenvalue weighted by atomic mass is 19.1. The topological polar surface area (TPSA) is 43.8 Å². The Balaban J connectivity index is 2.53. The molecule has 0 fully saturated rings. The van der Waals surface area contributed by atoms with Gasteiger partial charge in [-0.2, -0.15) is 0 Å². The Bertz CT molecular complexity index is 526. The van der Waals surface area contributed by atoms with Crippen LogP contribution in [0.25, 0.3) is 11.3 Å². The lowest BCUT2D eigenvalue weighted by molar-refractivity contribution is 0.628. The lowest BCUT2D eigenvalue weighted by atomic mass is 10.1. The Labute approximate surface area is 100 Å². The number of rotatable bonds is 2. The zero-order valence-corrected chi connectivity index (χ0v) is 10.2. The number of benzene rings is 1. The molecule has 3 nitrogen and oxygen atoms in total. The molecule has 0 spiro atoms. The van der Waals surface area contributed by atoms with Gasteiger partial charge in [-0.1, -0.05) is 13.8 Å². The summed E-state index contributed by atoms with van der Waals surface area (Å²) in [4.78, 5) is 4.52. The third-order valence-corrected chi connectivity index (χ3v) is 2.81. The second-order valence-corrected chi connectivity index (χ2v) is 4.42. The third-order valence-electron chi connectivity index (χ3n) is 2.81. The van der Waals surface area contributed by atoms with Gasteiger partial charge in [-0.05, 0) is 24.3 Å². The smallest absolute Gasteiger partial charge is 0.131 e. The number of halogens is 1. The van der Waals surface area contributed by atoms with Gasteiger partial charge in [-0.25, -0.2) is 9.37 Å². The van der Waals surface area contributed by atoms with Crippen LogP contribution in [0.3, 0.4) is 0 Å². The number of hydrogen-bond acceptors (Lipinski definition) is 2. The fourth-order valence-corrected chi connectivity index (χ4v) is 1.87. The van der Waals surface area contributed by atoms with E-state index in [4.69, 9.17) is 5.73 Å². The van der Waals surface area contributed by atoms with E-state index in [-0.39, 0.29) is 5.82 Å². The Morgan fingerprint density at radius 1 is 1.24 bits per heavy atom. The first kappa shape index (κ1) is 11.6. The molecular formula is C13H16FN3. The first-order valence-corrected chi connectivity index (χ1v) is 5.58. The first-order chi connectivity index (χ1) is 8.00. The average molecular weight is 233 g/mol. The highest BCUT2D eigenvalue weighted by Gasteiger charge is 2.15. The van der Waals surface area contributed by atoms with Gasteiger partial charge in [0.1, 0.15) is 23.2 Å². The number of hydrogen-bond donors (Lipinski definition) is 1. The molecule has 4 heteroatoms. The zero-order valence-electron chi connectivity index (χ0n) is 10.2. The van der Waals surface area contributed by atoms with Gasteiger partial charge in [-0.3, -0.25) is 0 Å². The van der Waals surface area contributed by atoms with Gasteiger partial charge in [0, 0.05) is 18.5 Å². The molecule has 0 atom stereocenters. The molecule has 0 radical (unpaired) electrons. The predicted octanol–water partition coefficient (Wildman–Crippen LogP) is 2.93. The maximum Gasteiger partial charge on any atom is 0.131 e. The fourth-order valence-electron chi connectivity index (χ4n) is 1.87. The first-order valence-electron chi connectivity index (χ1n) is 5.58. The van der Waals surface area contributed by atoms with E-state index >= 15 is 0 Å². The van der Waals surface area contributed by atoms with Crippen LogP contribution in [0.5, 0.6) is 0 Å². The highest BCUT2D eigenvalue weighted by molar-refractivity contribution is 5.71. The SMILES string of the molecule is CC(C)c1nc(-c2ccc(F)cc2)c(N)n1C. The molecule has 2 N–H and O–H groups in total. The van der Waals surface area contributed by atoms with Crippen LogP contribution >= 0.6 is 0 Å². The van der Waals surface area contributed by atoms with E-state index in [1.165, 1.54) is 12.1 Å². The molecule has 0 unspecified atom stereocenters. The van der Waals surface area contributed by atoms with Crippen molar-refractivity contribution < 1.29 is 4.39 Å². The van der Waals surface area contributed by atoms with Gasteiger partial charge in [-0.15, -0.1) is 0 Å². The van der Waals surface area contributed by atoms with Crippen molar-refractivity contribution in [2.24, 2.45) is 7.05 Å². The Morgan fingerprint density at radius 3 is 2.29 bits per heavy atom. The maximum absolute atomic E-state index is 12.9. The summed E-state index contributed by atoms with van der Waals surface area (Å²) in [5.41, 5.74) is 7.58. The van der Waals surface area contributed by atoms with Crippen LogP contribution in [0.4, 0.5) is 10.2 Å². The molecule has 1 aromatic heterocycles. The van der Waals surface area contributed by atoms with E-state index in [0.29, 0.717) is 11.7 Å². The molecule has 0 bridgehead atoms. The normalized spacial score (nSPS) is 11.1. The van der Waals surface area contributed by atoms with Gasteiger partial charge >= 0.3 is 0 Å². The van der Waals surface area contributed by atoms with Gasteiger partial charge < -0.3 is 10.3 Å². The summed E-state index contributed by atoms with van der Waals surface area (Å²) in [7, 11) is 1.89. The average Bonchev–Trinajstić information content (AvgIpc) is 2.58. The molecule has 90 valence electrons. The summed E-state index contributed by atoms with van der Waals surface area (Å²) >= 11 is 0. The van der Waals surface area contributed by atoms with Crippen molar-refractivity contribution in [3.63, 3.8) is 0 Å². The predicted molar refractivity (Wildman–Crippen MR) is 67.1 cm³/mol. The van der Waals surface area contributed by atoms with Crippen LogP contribution in [0.1, 0.15) is 25.6 Å². The monoisotopic (exact) mass is 233 g/mol. The maximum atomic E-state index is 12.9. The summed E-state index contributed by atoms with van der Waals surface area (Å²) in [6.07, 6.45) is 0. The van der Waals surface area contributed by atoms with Crippen LogP contribution in [0.15, 0.2) is 24.3 Å². The number of anilines is 1.